The van der Waals surface area contributed by atoms with Crippen LogP contribution in [-0.4, -0.2) is 34.0 Å². The van der Waals surface area contributed by atoms with Crippen LogP contribution in [0.3, 0.4) is 0 Å². The first kappa shape index (κ1) is 25.4. The maximum Gasteiger partial charge on any atom is 0.336 e. The lowest BCUT2D eigenvalue weighted by atomic mass is 9.78. The fourth-order valence-corrected chi connectivity index (χ4v) is 4.39. The Kier molecular flexibility index (Phi) is 7.83. The van der Waals surface area contributed by atoms with Gasteiger partial charge in [-0.2, -0.15) is 0 Å². The molecule has 37 heavy (non-hydrogen) atoms. The first-order valence-electron chi connectivity index (χ1n) is 11.9. The minimum Gasteiger partial charge on any atom is -0.481 e. The van der Waals surface area contributed by atoms with E-state index in [-0.39, 0.29) is 17.0 Å². The Balaban J connectivity index is 1.34. The third kappa shape index (κ3) is 6.32. The summed E-state index contributed by atoms with van der Waals surface area (Å²) in [4.78, 5) is 48.0. The van der Waals surface area contributed by atoms with Crippen LogP contribution in [0, 0.1) is 11.8 Å². The molecule has 190 valence electrons. The van der Waals surface area contributed by atoms with Crippen LogP contribution in [0.15, 0.2) is 72.8 Å². The van der Waals surface area contributed by atoms with Gasteiger partial charge in [-0.1, -0.05) is 25.0 Å². The number of benzene rings is 3. The van der Waals surface area contributed by atoms with Crippen molar-refractivity contribution in [3.8, 4) is 11.5 Å². The molecule has 1 aliphatic carbocycles. The van der Waals surface area contributed by atoms with Gasteiger partial charge in [0.1, 0.15) is 11.5 Å². The summed E-state index contributed by atoms with van der Waals surface area (Å²) in [5.41, 5.74) is 0.995. The van der Waals surface area contributed by atoms with Crippen LogP contribution < -0.4 is 15.4 Å². The predicted molar refractivity (Wildman–Crippen MR) is 136 cm³/mol. The number of aromatic carboxylic acids is 1. The number of aliphatic carboxylic acids is 1. The largest absolute Gasteiger partial charge is 0.481 e. The highest BCUT2D eigenvalue weighted by molar-refractivity contribution is 6.10. The van der Waals surface area contributed by atoms with Crippen molar-refractivity contribution in [2.45, 2.75) is 25.7 Å². The summed E-state index contributed by atoms with van der Waals surface area (Å²) >= 11 is 0. The molecule has 2 unspecified atom stereocenters. The smallest absolute Gasteiger partial charge is 0.336 e. The molecular formula is C28H26N2O7. The zero-order valence-corrected chi connectivity index (χ0v) is 19.8. The maximum atomic E-state index is 12.6. The van der Waals surface area contributed by atoms with Gasteiger partial charge in [0.15, 0.2) is 0 Å². The summed E-state index contributed by atoms with van der Waals surface area (Å²) in [6.45, 7) is 0. The van der Waals surface area contributed by atoms with Gasteiger partial charge in [-0.3, -0.25) is 14.4 Å². The van der Waals surface area contributed by atoms with Crippen molar-refractivity contribution in [1.29, 1.82) is 0 Å². The van der Waals surface area contributed by atoms with Crippen LogP contribution in [0.2, 0.25) is 0 Å². The van der Waals surface area contributed by atoms with Gasteiger partial charge in [0.2, 0.25) is 5.91 Å². The van der Waals surface area contributed by atoms with E-state index in [9.17, 15) is 29.4 Å². The third-order valence-corrected chi connectivity index (χ3v) is 6.29. The van der Waals surface area contributed by atoms with Crippen molar-refractivity contribution in [3.63, 3.8) is 0 Å². The number of nitrogens with one attached hydrogen (secondary N) is 2. The third-order valence-electron chi connectivity index (χ3n) is 6.29. The monoisotopic (exact) mass is 502 g/mol. The van der Waals surface area contributed by atoms with E-state index in [1.54, 1.807) is 60.7 Å². The van der Waals surface area contributed by atoms with E-state index >= 15 is 0 Å². The Morgan fingerprint density at radius 3 is 1.73 bits per heavy atom. The number of carboxylic acids is 2. The second-order valence-electron chi connectivity index (χ2n) is 8.78. The molecule has 0 saturated heterocycles. The molecular weight excluding hydrogens is 476 g/mol. The number of carbonyl (C=O) groups excluding carboxylic acids is 2. The van der Waals surface area contributed by atoms with Crippen LogP contribution in [-0.2, 0) is 9.59 Å². The average molecular weight is 503 g/mol. The molecule has 9 heteroatoms. The zero-order valence-electron chi connectivity index (χ0n) is 19.8. The van der Waals surface area contributed by atoms with Crippen molar-refractivity contribution in [1.82, 2.24) is 0 Å². The molecule has 1 fully saturated rings. The summed E-state index contributed by atoms with van der Waals surface area (Å²) in [5.74, 6) is -3.11. The molecule has 3 aromatic rings. The summed E-state index contributed by atoms with van der Waals surface area (Å²) in [5, 5.41) is 24.1. The summed E-state index contributed by atoms with van der Waals surface area (Å²) in [6.07, 6.45) is 2.73. The van der Waals surface area contributed by atoms with Crippen molar-refractivity contribution < 1.29 is 34.1 Å². The number of rotatable bonds is 8. The van der Waals surface area contributed by atoms with Crippen molar-refractivity contribution >= 4 is 35.1 Å². The van der Waals surface area contributed by atoms with Crippen molar-refractivity contribution in [2.75, 3.05) is 10.6 Å². The molecule has 4 N–H and O–H groups in total. The van der Waals surface area contributed by atoms with Crippen LogP contribution in [0.5, 0.6) is 11.5 Å². The quantitative estimate of drug-likeness (QED) is 0.329. The Morgan fingerprint density at radius 1 is 0.676 bits per heavy atom. The zero-order chi connectivity index (χ0) is 26.4. The number of carboxylic acid groups (broad SMARTS) is 2. The number of carbonyl (C=O) groups is 4. The highest BCUT2D eigenvalue weighted by Gasteiger charge is 2.35. The number of hydrogen-bond donors (Lipinski definition) is 4. The van der Waals surface area contributed by atoms with Gasteiger partial charge < -0.3 is 25.6 Å². The van der Waals surface area contributed by atoms with E-state index in [0.717, 1.165) is 12.8 Å². The molecule has 4 rings (SSSR count). The fourth-order valence-electron chi connectivity index (χ4n) is 4.39. The molecule has 9 nitrogen and oxygen atoms in total. The van der Waals surface area contributed by atoms with Gasteiger partial charge in [-0.05, 0) is 73.5 Å². The fraction of sp³-hybridized carbons (Fsp3) is 0.214. The molecule has 0 spiro atoms. The maximum absolute atomic E-state index is 12.6. The molecule has 0 radical (unpaired) electrons. The van der Waals surface area contributed by atoms with Crippen molar-refractivity contribution in [3.05, 3.63) is 83.9 Å². The van der Waals surface area contributed by atoms with E-state index in [1.807, 2.05) is 0 Å². The van der Waals surface area contributed by atoms with Crippen LogP contribution in [0.25, 0.3) is 0 Å². The van der Waals surface area contributed by atoms with Gasteiger partial charge in [-0.25, -0.2) is 4.79 Å². The first-order chi connectivity index (χ1) is 17.8. The minimum atomic E-state index is -1.18. The lowest BCUT2D eigenvalue weighted by molar-refractivity contribution is -0.147. The summed E-state index contributed by atoms with van der Waals surface area (Å²) in [7, 11) is 0. The number of hydrogen-bond acceptors (Lipinski definition) is 5. The summed E-state index contributed by atoms with van der Waals surface area (Å²) in [6, 6.07) is 19.3. The van der Waals surface area contributed by atoms with Gasteiger partial charge >= 0.3 is 11.9 Å². The number of anilines is 2. The van der Waals surface area contributed by atoms with E-state index in [4.69, 9.17) is 4.74 Å². The highest BCUT2D eigenvalue weighted by Crippen LogP contribution is 2.32. The van der Waals surface area contributed by atoms with E-state index in [1.165, 1.54) is 12.1 Å². The standard InChI is InChI=1S/C28H26N2O7/c31-25(21-5-1-3-7-23(21)27(33)34)29-17-9-13-19(14-10-17)37-20-15-11-18(12-16-20)30-26(32)22-6-2-4-8-24(22)28(35)36/h1,3,5,7,9-16,22,24H,2,4,6,8H2,(H,29,31)(H,30,32)(H,33,34)(H,35,36). The van der Waals surface area contributed by atoms with E-state index in [2.05, 4.69) is 10.6 Å². The predicted octanol–water partition coefficient (Wildman–Crippen LogP) is 5.26. The van der Waals surface area contributed by atoms with Gasteiger partial charge in [0.05, 0.1) is 23.0 Å². The SMILES string of the molecule is O=C(O)c1ccccc1C(=O)Nc1ccc(Oc2ccc(NC(=O)C3CCCCC3C(=O)O)cc2)cc1. The molecule has 0 aliphatic heterocycles. The van der Waals surface area contributed by atoms with E-state index < -0.39 is 29.7 Å². The number of amides is 2. The Bertz CT molecular complexity index is 1300. The molecule has 2 atom stereocenters. The van der Waals surface area contributed by atoms with Gasteiger partial charge in [0, 0.05) is 11.4 Å². The normalized spacial score (nSPS) is 16.9. The highest BCUT2D eigenvalue weighted by atomic mass is 16.5. The van der Waals surface area contributed by atoms with Crippen LogP contribution >= 0.6 is 0 Å². The Labute approximate surface area is 213 Å². The lowest BCUT2D eigenvalue weighted by Crippen LogP contribution is -2.36. The average Bonchev–Trinajstić information content (AvgIpc) is 2.90. The number of ether oxygens (including phenoxy) is 1. The van der Waals surface area contributed by atoms with Crippen molar-refractivity contribution in [2.24, 2.45) is 11.8 Å². The molecule has 0 bridgehead atoms. The second kappa shape index (κ2) is 11.4. The second-order valence-corrected chi connectivity index (χ2v) is 8.78. The van der Waals surface area contributed by atoms with E-state index in [0.29, 0.717) is 35.7 Å². The van der Waals surface area contributed by atoms with Crippen LogP contribution in [0.4, 0.5) is 11.4 Å². The Morgan fingerprint density at radius 2 is 1.19 bits per heavy atom. The molecule has 0 aromatic heterocycles. The summed E-state index contributed by atoms with van der Waals surface area (Å²) < 4.78 is 5.82. The first-order valence-corrected chi connectivity index (χ1v) is 11.9. The topological polar surface area (TPSA) is 142 Å². The minimum absolute atomic E-state index is 0.0597. The molecule has 2 amide bonds. The lowest BCUT2D eigenvalue weighted by Gasteiger charge is -2.27. The molecule has 1 saturated carbocycles. The van der Waals surface area contributed by atoms with Crippen LogP contribution in [0.1, 0.15) is 46.4 Å². The van der Waals surface area contributed by atoms with Gasteiger partial charge in [-0.15, -0.1) is 0 Å². The molecule has 3 aromatic carbocycles. The molecule has 0 heterocycles. The Hall–Kier alpha value is -4.66. The molecule has 1 aliphatic rings. The van der Waals surface area contributed by atoms with Gasteiger partial charge in [0.25, 0.3) is 5.91 Å².